The van der Waals surface area contributed by atoms with E-state index in [-0.39, 0.29) is 0 Å². The Bertz CT molecular complexity index is 788. The molecule has 1 aliphatic heterocycles. The van der Waals surface area contributed by atoms with Crippen molar-refractivity contribution in [3.63, 3.8) is 0 Å². The molecule has 0 unspecified atom stereocenters. The highest BCUT2D eigenvalue weighted by Crippen LogP contribution is 2.24. The van der Waals surface area contributed by atoms with Crippen molar-refractivity contribution < 1.29 is 9.15 Å². The highest BCUT2D eigenvalue weighted by atomic mass is 16.5. The molecule has 1 aromatic heterocycles. The zero-order chi connectivity index (χ0) is 19.2. The number of hydrazone groups is 1. The van der Waals surface area contributed by atoms with E-state index >= 15 is 0 Å². The number of hydrogen-bond acceptors (Lipinski definition) is 8. The fourth-order valence-corrected chi connectivity index (χ4v) is 3.24. The third kappa shape index (κ3) is 4.97. The Hall–Kier alpha value is -2.61. The number of benzene rings is 1. The van der Waals surface area contributed by atoms with Crippen LogP contribution in [0, 0.1) is 6.92 Å². The Labute approximate surface area is 160 Å². The number of nitrogens with one attached hydrogen (secondary N) is 1. The van der Waals surface area contributed by atoms with Gasteiger partial charge in [0, 0.05) is 33.0 Å². The fourth-order valence-electron chi connectivity index (χ4n) is 3.24. The molecular formula is C19H28N6O2. The number of amidine groups is 1. The van der Waals surface area contributed by atoms with Gasteiger partial charge < -0.3 is 9.15 Å². The first-order chi connectivity index (χ1) is 13.1. The van der Waals surface area contributed by atoms with Crippen molar-refractivity contribution in [2.45, 2.75) is 45.4 Å². The van der Waals surface area contributed by atoms with E-state index in [1.807, 2.05) is 38.2 Å². The number of hydrogen-bond donors (Lipinski definition) is 1. The first-order valence-electron chi connectivity index (χ1n) is 9.35. The van der Waals surface area contributed by atoms with E-state index in [2.05, 4.69) is 26.9 Å². The van der Waals surface area contributed by atoms with Crippen LogP contribution in [0.25, 0.3) is 0 Å². The van der Waals surface area contributed by atoms with Crippen molar-refractivity contribution in [2.75, 3.05) is 21.2 Å². The molecule has 27 heavy (non-hydrogen) atoms. The molecule has 0 saturated carbocycles. The molecule has 0 radical (unpaired) electrons. The molecular weight excluding hydrogens is 344 g/mol. The molecule has 0 aliphatic carbocycles. The van der Waals surface area contributed by atoms with Gasteiger partial charge in [-0.15, -0.1) is 20.8 Å². The molecule has 3 rings (SSSR count). The second-order valence-electron chi connectivity index (χ2n) is 6.76. The van der Waals surface area contributed by atoms with E-state index in [0.29, 0.717) is 5.89 Å². The van der Waals surface area contributed by atoms with Crippen LogP contribution in [0.3, 0.4) is 0 Å². The van der Waals surface area contributed by atoms with Crippen molar-refractivity contribution in [2.24, 2.45) is 5.10 Å². The first kappa shape index (κ1) is 19.2. The topological polar surface area (TPSA) is 79.0 Å². The van der Waals surface area contributed by atoms with Gasteiger partial charge in [0.05, 0.1) is 7.11 Å². The summed E-state index contributed by atoms with van der Waals surface area (Å²) in [6.07, 6.45) is 6.32. The van der Waals surface area contributed by atoms with Gasteiger partial charge in [-0.25, -0.2) is 5.12 Å². The average molecular weight is 372 g/mol. The summed E-state index contributed by atoms with van der Waals surface area (Å²) in [5, 5.41) is 16.0. The number of rotatable bonds is 9. The Balaban J connectivity index is 1.51. The number of ether oxygens (including phenoxy) is 1. The Morgan fingerprint density at radius 3 is 2.48 bits per heavy atom. The molecule has 0 bridgehead atoms. The lowest BCUT2D eigenvalue weighted by atomic mass is 10.0. The van der Waals surface area contributed by atoms with Gasteiger partial charge in [0.2, 0.25) is 11.8 Å². The zero-order valence-corrected chi connectivity index (χ0v) is 16.5. The minimum absolute atomic E-state index is 0.635. The summed E-state index contributed by atoms with van der Waals surface area (Å²) in [4.78, 5) is 0. The summed E-state index contributed by atoms with van der Waals surface area (Å²) in [5.74, 6) is 3.21. The lowest BCUT2D eigenvalue weighted by Gasteiger charge is -2.16. The quantitative estimate of drug-likeness (QED) is 0.678. The van der Waals surface area contributed by atoms with Gasteiger partial charge >= 0.3 is 0 Å². The van der Waals surface area contributed by atoms with E-state index in [1.165, 1.54) is 5.56 Å². The summed E-state index contributed by atoms with van der Waals surface area (Å²) in [6, 6.07) is 6.25. The van der Waals surface area contributed by atoms with Crippen LogP contribution in [-0.4, -0.2) is 47.4 Å². The molecule has 0 spiro atoms. The minimum Gasteiger partial charge on any atom is -0.496 e. The molecule has 0 saturated heterocycles. The summed E-state index contributed by atoms with van der Waals surface area (Å²) in [6.45, 7) is 1.82. The third-order valence-electron chi connectivity index (χ3n) is 4.55. The normalized spacial score (nSPS) is 14.0. The first-order valence-corrected chi connectivity index (χ1v) is 9.35. The molecule has 2 aromatic rings. The second kappa shape index (κ2) is 8.85. The number of unbranched alkanes of at least 4 members (excludes halogenated alkanes) is 3. The zero-order valence-electron chi connectivity index (χ0n) is 16.5. The highest BCUT2D eigenvalue weighted by molar-refractivity contribution is 5.99. The third-order valence-corrected chi connectivity index (χ3v) is 4.55. The number of nitrogens with zero attached hydrogens (tertiary/aromatic N) is 5. The smallest absolute Gasteiger partial charge is 0.216 e. The minimum atomic E-state index is 0.635. The maximum absolute atomic E-state index is 5.54. The predicted molar refractivity (Wildman–Crippen MR) is 103 cm³/mol. The van der Waals surface area contributed by atoms with Crippen LogP contribution in [0.5, 0.6) is 5.75 Å². The lowest BCUT2D eigenvalue weighted by Crippen LogP contribution is -2.38. The van der Waals surface area contributed by atoms with Crippen LogP contribution in [0.4, 0.5) is 0 Å². The molecule has 1 aliphatic rings. The lowest BCUT2D eigenvalue weighted by molar-refractivity contribution is 0.166. The van der Waals surface area contributed by atoms with Gasteiger partial charge in [-0.05, 0) is 43.0 Å². The van der Waals surface area contributed by atoms with E-state index in [4.69, 9.17) is 9.15 Å². The molecule has 146 valence electrons. The number of aryl methyl sites for hydroxylation is 3. The summed E-state index contributed by atoms with van der Waals surface area (Å²) >= 11 is 0. The maximum atomic E-state index is 5.54. The monoisotopic (exact) mass is 372 g/mol. The van der Waals surface area contributed by atoms with Gasteiger partial charge in [-0.3, -0.25) is 5.01 Å². The van der Waals surface area contributed by atoms with Crippen LogP contribution in [0.1, 0.15) is 48.6 Å². The van der Waals surface area contributed by atoms with Crippen molar-refractivity contribution in [1.29, 1.82) is 0 Å². The van der Waals surface area contributed by atoms with Crippen LogP contribution in [0.15, 0.2) is 27.7 Å². The van der Waals surface area contributed by atoms with E-state index in [9.17, 15) is 0 Å². The Morgan fingerprint density at radius 2 is 1.85 bits per heavy atom. The highest BCUT2D eigenvalue weighted by Gasteiger charge is 2.19. The van der Waals surface area contributed by atoms with Crippen LogP contribution in [0.2, 0.25) is 0 Å². The van der Waals surface area contributed by atoms with E-state index in [0.717, 1.165) is 61.6 Å². The molecule has 0 atom stereocenters. The second-order valence-corrected chi connectivity index (χ2v) is 6.76. The van der Waals surface area contributed by atoms with Gasteiger partial charge in [-0.2, -0.15) is 0 Å². The standard InChI is InChI=1S/C19H28N6O2/c1-14-20-21-18(27-14)10-8-6-5-7-9-15-13-16(11-12-17(15)26-4)19-22-25(3)23-24(19)2/h11-13,23H,5-10H2,1-4H3. The molecule has 0 fully saturated rings. The van der Waals surface area contributed by atoms with Gasteiger partial charge in [-0.1, -0.05) is 12.8 Å². The van der Waals surface area contributed by atoms with E-state index in [1.54, 1.807) is 12.2 Å². The summed E-state index contributed by atoms with van der Waals surface area (Å²) in [5.41, 5.74) is 5.41. The summed E-state index contributed by atoms with van der Waals surface area (Å²) < 4.78 is 10.9. The van der Waals surface area contributed by atoms with E-state index < -0.39 is 0 Å². The molecule has 8 heteroatoms. The number of methoxy groups -OCH3 is 1. The number of hydrazine groups is 2. The van der Waals surface area contributed by atoms with Gasteiger partial charge in [0.1, 0.15) is 5.75 Å². The van der Waals surface area contributed by atoms with Crippen molar-refractivity contribution in [3.8, 4) is 5.75 Å². The van der Waals surface area contributed by atoms with Crippen molar-refractivity contribution in [3.05, 3.63) is 41.1 Å². The average Bonchev–Trinajstić information content (AvgIpc) is 3.22. The van der Waals surface area contributed by atoms with Crippen LogP contribution >= 0.6 is 0 Å². The summed E-state index contributed by atoms with van der Waals surface area (Å²) in [7, 11) is 5.56. The van der Waals surface area contributed by atoms with Crippen LogP contribution in [-0.2, 0) is 12.8 Å². The van der Waals surface area contributed by atoms with Crippen molar-refractivity contribution >= 4 is 5.84 Å². The molecule has 1 aromatic carbocycles. The van der Waals surface area contributed by atoms with Crippen molar-refractivity contribution in [1.82, 2.24) is 25.9 Å². The Morgan fingerprint density at radius 1 is 1.07 bits per heavy atom. The molecule has 2 heterocycles. The molecule has 0 amide bonds. The van der Waals surface area contributed by atoms with Crippen LogP contribution < -0.4 is 10.3 Å². The Kier molecular flexibility index (Phi) is 6.28. The molecule has 8 nitrogen and oxygen atoms in total. The fraction of sp³-hybridized carbons (Fsp3) is 0.526. The SMILES string of the molecule is COc1ccc(C2=NN(C)NN2C)cc1CCCCCCc1nnc(C)o1. The number of aromatic nitrogens is 2. The van der Waals surface area contributed by atoms with Gasteiger partial charge in [0.15, 0.2) is 5.84 Å². The predicted octanol–water partition coefficient (Wildman–Crippen LogP) is 2.69. The maximum Gasteiger partial charge on any atom is 0.216 e. The molecule has 1 N–H and O–H groups in total. The largest absolute Gasteiger partial charge is 0.496 e. The van der Waals surface area contributed by atoms with Gasteiger partial charge in [0.25, 0.3) is 0 Å².